The van der Waals surface area contributed by atoms with Gasteiger partial charge in [-0.1, -0.05) is 12.8 Å². The summed E-state index contributed by atoms with van der Waals surface area (Å²) in [6.45, 7) is 4.06. The van der Waals surface area contributed by atoms with Gasteiger partial charge in [0.1, 0.15) is 12.1 Å². The molecule has 26 heavy (non-hydrogen) atoms. The molecule has 0 radical (unpaired) electrons. The number of piperazine rings is 1. The van der Waals surface area contributed by atoms with E-state index >= 15 is 0 Å². The van der Waals surface area contributed by atoms with E-state index in [-0.39, 0.29) is 12.4 Å². The van der Waals surface area contributed by atoms with Gasteiger partial charge in [0.2, 0.25) is 11.9 Å². The Kier molecular flexibility index (Phi) is 6.40. The van der Waals surface area contributed by atoms with Gasteiger partial charge in [-0.05, 0) is 25.0 Å². The second-order valence-electron chi connectivity index (χ2n) is 6.52. The third kappa shape index (κ3) is 4.70. The molecular weight excluding hydrogens is 352 g/mol. The van der Waals surface area contributed by atoms with Crippen molar-refractivity contribution in [1.29, 1.82) is 0 Å². The Balaban J connectivity index is 0.00000196. The predicted octanol–water partition coefficient (Wildman–Crippen LogP) is 2.20. The average Bonchev–Trinajstić information content (AvgIpc) is 3.16. The molecule has 0 amide bonds. The van der Waals surface area contributed by atoms with Crippen molar-refractivity contribution in [3.63, 3.8) is 0 Å². The fourth-order valence-corrected chi connectivity index (χ4v) is 3.36. The molecule has 4 rings (SSSR count). The number of anilines is 4. The number of halogens is 1. The monoisotopic (exact) mass is 376 g/mol. The van der Waals surface area contributed by atoms with Gasteiger partial charge in [0.15, 0.2) is 0 Å². The largest absolute Gasteiger partial charge is 0.368 e. The number of pyridine rings is 1. The highest BCUT2D eigenvalue weighted by Crippen LogP contribution is 2.21. The molecule has 2 aromatic heterocycles. The molecule has 0 spiro atoms. The first-order valence-corrected chi connectivity index (χ1v) is 9.01. The maximum absolute atomic E-state index is 4.49. The minimum atomic E-state index is 0. The van der Waals surface area contributed by atoms with Gasteiger partial charge in [-0.2, -0.15) is 4.98 Å². The van der Waals surface area contributed by atoms with Crippen LogP contribution in [0.25, 0.3) is 0 Å². The second kappa shape index (κ2) is 8.95. The molecule has 0 unspecified atom stereocenters. The first-order valence-electron chi connectivity index (χ1n) is 9.01. The zero-order chi connectivity index (χ0) is 16.9. The van der Waals surface area contributed by atoms with Crippen LogP contribution >= 0.6 is 12.4 Å². The summed E-state index contributed by atoms with van der Waals surface area (Å²) in [6.07, 6.45) is 8.34. The molecule has 2 aliphatic rings. The smallest absolute Gasteiger partial charge is 0.233 e. The van der Waals surface area contributed by atoms with Gasteiger partial charge in [0.25, 0.3) is 0 Å². The van der Waals surface area contributed by atoms with Gasteiger partial charge in [0.05, 0.1) is 11.9 Å². The summed E-state index contributed by atoms with van der Waals surface area (Å²) in [6, 6.07) is 4.52. The molecule has 3 N–H and O–H groups in total. The Bertz CT molecular complexity index is 683. The number of nitrogens with zero attached hydrogens (tertiary/aromatic N) is 5. The summed E-state index contributed by atoms with van der Waals surface area (Å²) in [4.78, 5) is 19.7. The highest BCUT2D eigenvalue weighted by Gasteiger charge is 2.16. The van der Waals surface area contributed by atoms with Crippen molar-refractivity contribution in [2.45, 2.75) is 31.7 Å². The van der Waals surface area contributed by atoms with Crippen LogP contribution in [0, 0.1) is 0 Å². The van der Waals surface area contributed by atoms with Crippen molar-refractivity contribution in [3.8, 4) is 0 Å². The van der Waals surface area contributed by atoms with E-state index in [9.17, 15) is 0 Å². The van der Waals surface area contributed by atoms with Crippen molar-refractivity contribution in [2.24, 2.45) is 0 Å². The topological polar surface area (TPSA) is 90.9 Å². The van der Waals surface area contributed by atoms with Crippen LogP contribution in [0.3, 0.4) is 0 Å². The number of rotatable bonds is 5. The molecule has 1 saturated carbocycles. The highest BCUT2D eigenvalue weighted by molar-refractivity contribution is 5.85. The lowest BCUT2D eigenvalue weighted by molar-refractivity contribution is 0.589. The minimum Gasteiger partial charge on any atom is -0.368 e. The Morgan fingerprint density at radius 2 is 1.77 bits per heavy atom. The predicted molar refractivity (Wildman–Crippen MR) is 106 cm³/mol. The maximum Gasteiger partial charge on any atom is 0.233 e. The number of hydrogen-bond donors (Lipinski definition) is 3. The molecular formula is C17H25ClN8. The quantitative estimate of drug-likeness (QED) is 0.731. The van der Waals surface area contributed by atoms with Crippen molar-refractivity contribution >= 4 is 35.8 Å². The Morgan fingerprint density at radius 1 is 1.00 bits per heavy atom. The van der Waals surface area contributed by atoms with Crippen LogP contribution in [-0.4, -0.2) is 52.2 Å². The standard InChI is InChI=1S/C17H24N8.ClH/c1-2-4-13(3-1)22-16-20-12-21-17(24-16)23-15-6-5-14(11-19-15)25-9-7-18-8-10-25;/h5-6,11-13,18H,1-4,7-10H2,(H2,19,20,21,22,23,24);1H. The molecule has 9 heteroatoms. The first-order chi connectivity index (χ1) is 12.4. The Labute approximate surface area is 159 Å². The number of hydrogen-bond acceptors (Lipinski definition) is 8. The summed E-state index contributed by atoms with van der Waals surface area (Å²) in [5.74, 6) is 1.87. The van der Waals surface area contributed by atoms with Gasteiger partial charge >= 0.3 is 0 Å². The molecule has 0 aromatic carbocycles. The van der Waals surface area contributed by atoms with Crippen LogP contribution in [0.1, 0.15) is 25.7 Å². The molecule has 1 aliphatic heterocycles. The molecule has 1 saturated heterocycles. The lowest BCUT2D eigenvalue weighted by atomic mass is 10.3. The summed E-state index contributed by atoms with van der Waals surface area (Å²) in [5, 5.41) is 9.90. The molecule has 0 atom stereocenters. The zero-order valence-corrected chi connectivity index (χ0v) is 15.5. The third-order valence-corrected chi connectivity index (χ3v) is 4.73. The molecule has 8 nitrogen and oxygen atoms in total. The van der Waals surface area contributed by atoms with E-state index < -0.39 is 0 Å². The Morgan fingerprint density at radius 3 is 2.50 bits per heavy atom. The van der Waals surface area contributed by atoms with Crippen molar-refractivity contribution in [1.82, 2.24) is 25.3 Å². The van der Waals surface area contributed by atoms with Gasteiger partial charge in [-0.3, -0.25) is 0 Å². The fraction of sp³-hybridized carbons (Fsp3) is 0.529. The van der Waals surface area contributed by atoms with E-state index in [1.165, 1.54) is 32.0 Å². The van der Waals surface area contributed by atoms with Crippen LogP contribution in [0.15, 0.2) is 24.7 Å². The van der Waals surface area contributed by atoms with Gasteiger partial charge in [-0.15, -0.1) is 12.4 Å². The molecule has 2 fully saturated rings. The first kappa shape index (κ1) is 18.6. The van der Waals surface area contributed by atoms with Gasteiger partial charge in [0, 0.05) is 32.2 Å². The van der Waals surface area contributed by atoms with E-state index in [1.807, 2.05) is 12.3 Å². The number of nitrogens with one attached hydrogen (secondary N) is 3. The van der Waals surface area contributed by atoms with Gasteiger partial charge in [-0.25, -0.2) is 15.0 Å². The van der Waals surface area contributed by atoms with Crippen LogP contribution in [0.4, 0.5) is 23.4 Å². The van der Waals surface area contributed by atoms with Crippen LogP contribution in [0.5, 0.6) is 0 Å². The molecule has 3 heterocycles. The maximum atomic E-state index is 4.49. The minimum absolute atomic E-state index is 0. The lowest BCUT2D eigenvalue weighted by Gasteiger charge is -2.29. The Hall–Kier alpha value is -2.19. The summed E-state index contributed by atoms with van der Waals surface area (Å²) >= 11 is 0. The summed E-state index contributed by atoms with van der Waals surface area (Å²) in [7, 11) is 0. The van der Waals surface area contributed by atoms with Crippen molar-refractivity contribution in [2.75, 3.05) is 41.7 Å². The van der Waals surface area contributed by atoms with Gasteiger partial charge < -0.3 is 20.9 Å². The van der Waals surface area contributed by atoms with E-state index in [2.05, 4.69) is 46.9 Å². The van der Waals surface area contributed by atoms with Crippen molar-refractivity contribution in [3.05, 3.63) is 24.7 Å². The van der Waals surface area contributed by atoms with E-state index in [1.54, 1.807) is 0 Å². The van der Waals surface area contributed by atoms with Crippen LogP contribution < -0.4 is 20.9 Å². The van der Waals surface area contributed by atoms with E-state index in [0.29, 0.717) is 17.9 Å². The normalized spacial score (nSPS) is 17.6. The molecule has 140 valence electrons. The summed E-state index contributed by atoms with van der Waals surface area (Å²) < 4.78 is 0. The highest BCUT2D eigenvalue weighted by atomic mass is 35.5. The van der Waals surface area contributed by atoms with E-state index in [4.69, 9.17) is 0 Å². The van der Waals surface area contributed by atoms with Crippen LogP contribution in [-0.2, 0) is 0 Å². The molecule has 2 aromatic rings. The zero-order valence-electron chi connectivity index (χ0n) is 14.7. The molecule has 0 bridgehead atoms. The SMILES string of the molecule is Cl.c1nc(Nc2ccc(N3CCNCC3)cn2)nc(NC2CCCC2)n1. The van der Waals surface area contributed by atoms with E-state index in [0.717, 1.165) is 37.7 Å². The number of aromatic nitrogens is 4. The summed E-state index contributed by atoms with van der Waals surface area (Å²) in [5.41, 5.74) is 1.14. The average molecular weight is 377 g/mol. The lowest BCUT2D eigenvalue weighted by Crippen LogP contribution is -2.43. The fourth-order valence-electron chi connectivity index (χ4n) is 3.36. The molecule has 1 aliphatic carbocycles. The van der Waals surface area contributed by atoms with Crippen LogP contribution in [0.2, 0.25) is 0 Å². The third-order valence-electron chi connectivity index (χ3n) is 4.73. The second-order valence-corrected chi connectivity index (χ2v) is 6.52. The van der Waals surface area contributed by atoms with Crippen molar-refractivity contribution < 1.29 is 0 Å².